The van der Waals surface area contributed by atoms with Gasteiger partial charge in [-0.05, 0) is 36.2 Å². The summed E-state index contributed by atoms with van der Waals surface area (Å²) in [6.07, 6.45) is 1.86. The van der Waals surface area contributed by atoms with Gasteiger partial charge < -0.3 is 9.42 Å². The third-order valence-corrected chi connectivity index (χ3v) is 4.12. The average molecular weight is 320 g/mol. The van der Waals surface area contributed by atoms with E-state index in [1.807, 2.05) is 42.3 Å². The zero-order chi connectivity index (χ0) is 16.7. The highest BCUT2D eigenvalue weighted by molar-refractivity contribution is 5.95. The Morgan fingerprint density at radius 3 is 2.79 bits per heavy atom. The second-order valence-corrected chi connectivity index (χ2v) is 5.97. The summed E-state index contributed by atoms with van der Waals surface area (Å²) in [4.78, 5) is 23.2. The minimum absolute atomic E-state index is 0.00841. The van der Waals surface area contributed by atoms with E-state index < -0.39 is 0 Å². The first-order valence-electron chi connectivity index (χ1n) is 7.74. The fourth-order valence-electron chi connectivity index (χ4n) is 2.94. The van der Waals surface area contributed by atoms with Crippen LogP contribution in [0.15, 0.2) is 41.1 Å². The van der Waals surface area contributed by atoms with Gasteiger partial charge in [-0.1, -0.05) is 17.3 Å². The molecule has 4 rings (SSSR count). The van der Waals surface area contributed by atoms with Gasteiger partial charge in [0.05, 0.1) is 0 Å². The van der Waals surface area contributed by atoms with E-state index in [0.29, 0.717) is 30.4 Å². The molecule has 1 aliphatic heterocycles. The van der Waals surface area contributed by atoms with Crippen LogP contribution >= 0.6 is 0 Å². The van der Waals surface area contributed by atoms with Gasteiger partial charge in [0.15, 0.2) is 0 Å². The smallest absolute Gasteiger partial charge is 0.254 e. The van der Waals surface area contributed by atoms with E-state index >= 15 is 0 Å². The molecule has 6 heteroatoms. The quantitative estimate of drug-likeness (QED) is 0.726. The minimum atomic E-state index is -0.00841. The molecule has 120 valence electrons. The van der Waals surface area contributed by atoms with Crippen LogP contribution < -0.4 is 0 Å². The first-order chi connectivity index (χ1) is 11.6. The van der Waals surface area contributed by atoms with Gasteiger partial charge in [0.1, 0.15) is 0 Å². The van der Waals surface area contributed by atoms with Gasteiger partial charge in [-0.15, -0.1) is 0 Å². The molecule has 0 unspecified atom stereocenters. The second-order valence-electron chi connectivity index (χ2n) is 5.97. The number of aromatic nitrogens is 3. The van der Waals surface area contributed by atoms with Crippen molar-refractivity contribution >= 4 is 5.91 Å². The van der Waals surface area contributed by atoms with Crippen molar-refractivity contribution in [2.75, 3.05) is 0 Å². The Balaban J connectivity index is 1.60. The van der Waals surface area contributed by atoms with Gasteiger partial charge in [-0.25, -0.2) is 0 Å². The van der Waals surface area contributed by atoms with Crippen LogP contribution in [0.5, 0.6) is 0 Å². The number of hydrogen-bond acceptors (Lipinski definition) is 5. The minimum Gasteiger partial charge on any atom is -0.339 e. The van der Waals surface area contributed by atoms with Crippen molar-refractivity contribution < 1.29 is 9.32 Å². The van der Waals surface area contributed by atoms with Crippen LogP contribution in [0.3, 0.4) is 0 Å². The number of amides is 1. The lowest BCUT2D eigenvalue weighted by Crippen LogP contribution is -2.25. The normalized spacial score (nSPS) is 13.2. The van der Waals surface area contributed by atoms with Gasteiger partial charge in [0.2, 0.25) is 11.7 Å². The summed E-state index contributed by atoms with van der Waals surface area (Å²) in [5.74, 6) is 0.984. The molecular formula is C18H16N4O2. The van der Waals surface area contributed by atoms with E-state index in [-0.39, 0.29) is 5.91 Å². The summed E-state index contributed by atoms with van der Waals surface area (Å²) in [6.45, 7) is 4.90. The number of pyridine rings is 1. The zero-order valence-corrected chi connectivity index (χ0v) is 13.5. The lowest BCUT2D eigenvalue weighted by Gasteiger charge is -2.15. The third kappa shape index (κ3) is 2.56. The molecule has 0 aliphatic carbocycles. The highest BCUT2D eigenvalue weighted by atomic mass is 16.5. The van der Waals surface area contributed by atoms with Crippen LogP contribution in [0.2, 0.25) is 0 Å². The van der Waals surface area contributed by atoms with Crippen molar-refractivity contribution in [2.45, 2.75) is 26.9 Å². The summed E-state index contributed by atoms with van der Waals surface area (Å²) >= 11 is 0. The number of benzene rings is 1. The maximum atomic E-state index is 12.8. The van der Waals surface area contributed by atoms with Gasteiger partial charge in [0, 0.05) is 43.0 Å². The van der Waals surface area contributed by atoms with Crippen LogP contribution in [0, 0.1) is 13.8 Å². The van der Waals surface area contributed by atoms with Crippen LogP contribution in [0.4, 0.5) is 0 Å². The Bertz CT molecular complexity index is 932. The molecule has 6 nitrogen and oxygen atoms in total. The molecule has 3 heterocycles. The lowest BCUT2D eigenvalue weighted by molar-refractivity contribution is 0.0751. The number of rotatable bonds is 2. The van der Waals surface area contributed by atoms with Crippen LogP contribution in [0.25, 0.3) is 11.4 Å². The molecule has 24 heavy (non-hydrogen) atoms. The Morgan fingerprint density at radius 1 is 1.17 bits per heavy atom. The van der Waals surface area contributed by atoms with E-state index in [1.54, 1.807) is 13.0 Å². The Morgan fingerprint density at radius 2 is 2.00 bits per heavy atom. The average Bonchev–Trinajstić information content (AvgIpc) is 3.20. The Kier molecular flexibility index (Phi) is 3.37. The molecule has 1 aliphatic rings. The van der Waals surface area contributed by atoms with E-state index in [9.17, 15) is 4.79 Å². The monoisotopic (exact) mass is 320 g/mol. The van der Waals surface area contributed by atoms with Crippen LogP contribution in [-0.2, 0) is 13.1 Å². The zero-order valence-electron chi connectivity index (χ0n) is 13.5. The van der Waals surface area contributed by atoms with Gasteiger partial charge in [0.25, 0.3) is 5.91 Å². The number of fused-ring (bicyclic) bond motifs is 1. The molecule has 0 N–H and O–H groups in total. The largest absolute Gasteiger partial charge is 0.339 e. The number of carbonyl (C=O) groups is 1. The fraction of sp³-hybridized carbons (Fsp3) is 0.222. The van der Waals surface area contributed by atoms with Gasteiger partial charge in [-0.3, -0.25) is 9.78 Å². The van der Waals surface area contributed by atoms with Crippen LogP contribution in [0.1, 0.15) is 33.1 Å². The number of nitrogens with zero attached hydrogens (tertiary/aromatic N) is 4. The molecule has 0 saturated heterocycles. The van der Waals surface area contributed by atoms with Gasteiger partial charge in [-0.2, -0.15) is 4.98 Å². The molecule has 0 atom stereocenters. The predicted octanol–water partition coefficient (Wildman–Crippen LogP) is 2.90. The summed E-state index contributed by atoms with van der Waals surface area (Å²) < 4.78 is 5.01. The Labute approximate surface area is 139 Å². The van der Waals surface area contributed by atoms with Crippen LogP contribution in [-0.4, -0.2) is 25.9 Å². The molecule has 0 saturated carbocycles. The molecule has 3 aromatic rings. The predicted molar refractivity (Wildman–Crippen MR) is 87.0 cm³/mol. The van der Waals surface area contributed by atoms with Crippen molar-refractivity contribution in [1.82, 2.24) is 20.0 Å². The summed E-state index contributed by atoms with van der Waals surface area (Å²) in [5, 5.41) is 3.91. The summed E-state index contributed by atoms with van der Waals surface area (Å²) in [5.41, 5.74) is 4.64. The molecule has 1 aromatic carbocycles. The maximum Gasteiger partial charge on any atom is 0.254 e. The molecule has 2 aromatic heterocycles. The summed E-state index contributed by atoms with van der Waals surface area (Å²) in [7, 11) is 0. The number of hydrogen-bond donors (Lipinski definition) is 0. The van der Waals surface area contributed by atoms with Crippen molar-refractivity contribution in [2.24, 2.45) is 0 Å². The molecular weight excluding hydrogens is 304 g/mol. The second kappa shape index (κ2) is 5.56. The standard InChI is InChI=1S/C18H16N4O2/c1-11-6-15-9-22(10-16(15)8-19-11)18(23)14-5-3-4-13(7-14)17-20-12(2)24-21-17/h3-8H,9-10H2,1-2H3. The first kappa shape index (κ1) is 14.6. The molecule has 1 amide bonds. The number of carbonyl (C=O) groups excluding carboxylic acids is 1. The van der Waals surface area contributed by atoms with Crippen molar-refractivity contribution in [3.8, 4) is 11.4 Å². The van der Waals surface area contributed by atoms with E-state index in [4.69, 9.17) is 4.52 Å². The highest BCUT2D eigenvalue weighted by Crippen LogP contribution is 2.25. The topological polar surface area (TPSA) is 72.1 Å². The molecule has 0 spiro atoms. The van der Waals surface area contributed by atoms with Crippen molar-refractivity contribution in [3.63, 3.8) is 0 Å². The van der Waals surface area contributed by atoms with Crippen molar-refractivity contribution in [1.29, 1.82) is 0 Å². The van der Waals surface area contributed by atoms with Gasteiger partial charge >= 0.3 is 0 Å². The van der Waals surface area contributed by atoms with E-state index in [0.717, 1.165) is 16.8 Å². The van der Waals surface area contributed by atoms with E-state index in [1.165, 1.54) is 5.56 Å². The number of aryl methyl sites for hydroxylation is 2. The summed E-state index contributed by atoms with van der Waals surface area (Å²) in [6, 6.07) is 9.36. The lowest BCUT2D eigenvalue weighted by atomic mass is 10.1. The molecule has 0 bridgehead atoms. The maximum absolute atomic E-state index is 12.8. The van der Waals surface area contributed by atoms with Crippen molar-refractivity contribution in [3.05, 3.63) is 64.8 Å². The van der Waals surface area contributed by atoms with E-state index in [2.05, 4.69) is 15.1 Å². The molecule has 0 fully saturated rings. The fourth-order valence-corrected chi connectivity index (χ4v) is 2.94. The third-order valence-electron chi connectivity index (χ3n) is 4.12. The first-order valence-corrected chi connectivity index (χ1v) is 7.74. The molecule has 0 radical (unpaired) electrons. The Hall–Kier alpha value is -3.02. The SMILES string of the molecule is Cc1cc2c(cn1)CN(C(=O)c1cccc(-c3noc(C)n3)c1)C2. The highest BCUT2D eigenvalue weighted by Gasteiger charge is 2.25.